The SMILES string of the molecule is CC(C)O.CCCC(C)COC.CNC1CCC(C(=O)N2CCN(c3cc(C(F)(F)F)ccn3)CC2)C1. The molecule has 3 rings (SSSR count). The van der Waals surface area contributed by atoms with Crippen LogP contribution in [0.2, 0.25) is 0 Å². The van der Waals surface area contributed by atoms with Gasteiger partial charge in [0, 0.05) is 64.2 Å². The highest BCUT2D eigenvalue weighted by molar-refractivity contribution is 5.79. The van der Waals surface area contributed by atoms with E-state index in [4.69, 9.17) is 9.84 Å². The van der Waals surface area contributed by atoms with Crippen LogP contribution >= 0.6 is 0 Å². The lowest BCUT2D eigenvalue weighted by atomic mass is 10.1. The molecule has 1 amide bonds. The molecule has 0 radical (unpaired) electrons. The summed E-state index contributed by atoms with van der Waals surface area (Å²) in [7, 11) is 3.67. The summed E-state index contributed by atoms with van der Waals surface area (Å²) in [5, 5.41) is 11.3. The number of anilines is 1. The van der Waals surface area contributed by atoms with E-state index < -0.39 is 11.7 Å². The van der Waals surface area contributed by atoms with Gasteiger partial charge in [0.15, 0.2) is 0 Å². The number of methoxy groups -OCH3 is 1. The van der Waals surface area contributed by atoms with Crippen LogP contribution in [0.1, 0.15) is 65.4 Å². The number of nitrogens with one attached hydrogen (secondary N) is 1. The molecule has 10 heteroatoms. The third-order valence-electron chi connectivity index (χ3n) is 6.41. The molecule has 2 heterocycles. The van der Waals surface area contributed by atoms with Crippen molar-refractivity contribution in [3.63, 3.8) is 0 Å². The Morgan fingerprint density at radius 3 is 2.32 bits per heavy atom. The van der Waals surface area contributed by atoms with Gasteiger partial charge in [0.2, 0.25) is 5.91 Å². The number of aromatic nitrogens is 1. The minimum absolute atomic E-state index is 0.0654. The first-order chi connectivity index (χ1) is 17.4. The van der Waals surface area contributed by atoms with Crippen LogP contribution in [0.4, 0.5) is 19.0 Å². The Labute approximate surface area is 220 Å². The largest absolute Gasteiger partial charge is 0.416 e. The quantitative estimate of drug-likeness (QED) is 0.535. The number of ether oxygens (including phenoxy) is 1. The maximum absolute atomic E-state index is 12.8. The summed E-state index contributed by atoms with van der Waals surface area (Å²) < 4.78 is 43.5. The van der Waals surface area contributed by atoms with E-state index >= 15 is 0 Å². The molecule has 1 aromatic rings. The second-order valence-corrected chi connectivity index (χ2v) is 10.2. The minimum atomic E-state index is -4.37. The highest BCUT2D eigenvalue weighted by Gasteiger charge is 2.34. The highest BCUT2D eigenvalue weighted by Crippen LogP contribution is 2.31. The van der Waals surface area contributed by atoms with Crippen LogP contribution in [0, 0.1) is 11.8 Å². The maximum atomic E-state index is 12.8. The van der Waals surface area contributed by atoms with Crippen LogP contribution in [0.3, 0.4) is 0 Å². The number of alkyl halides is 3. The standard InChI is InChI=1S/C17H23F3N4O.C7H16O.C3H8O/c1-21-14-3-2-12(10-14)16(25)24-8-6-23(7-9-24)15-11-13(4-5-22-15)17(18,19)20;1-4-5-7(2)6-8-3;1-3(2)4/h4-5,11-12,14,21H,2-3,6-10H2,1H3;7H,4-6H2,1-3H3;3-4H,1-2H3. The van der Waals surface area contributed by atoms with Gasteiger partial charge in [-0.3, -0.25) is 4.79 Å². The Hall–Kier alpha value is -1.91. The van der Waals surface area contributed by atoms with Gasteiger partial charge in [-0.05, 0) is 64.6 Å². The number of hydrogen-bond donors (Lipinski definition) is 2. The Balaban J connectivity index is 0.000000478. The molecule has 1 saturated carbocycles. The lowest BCUT2D eigenvalue weighted by Crippen LogP contribution is -2.50. The van der Waals surface area contributed by atoms with Gasteiger partial charge in [-0.15, -0.1) is 0 Å². The molecule has 2 fully saturated rings. The smallest absolute Gasteiger partial charge is 0.394 e. The number of pyridine rings is 1. The predicted octanol–water partition coefficient (Wildman–Crippen LogP) is 4.59. The van der Waals surface area contributed by atoms with Crippen molar-refractivity contribution in [2.24, 2.45) is 11.8 Å². The molecule has 0 spiro atoms. The Bertz CT molecular complexity index is 763. The fraction of sp³-hybridized carbons (Fsp3) is 0.778. The number of halogens is 3. The Morgan fingerprint density at radius 2 is 1.84 bits per heavy atom. The normalized spacial score (nSPS) is 20.6. The average molecular weight is 533 g/mol. The minimum Gasteiger partial charge on any atom is -0.394 e. The molecule has 0 aromatic carbocycles. The summed E-state index contributed by atoms with van der Waals surface area (Å²) in [5.74, 6) is 1.30. The number of nitrogens with zero attached hydrogens (tertiary/aromatic N) is 3. The van der Waals surface area contributed by atoms with Gasteiger partial charge in [-0.25, -0.2) is 4.98 Å². The van der Waals surface area contributed by atoms with Crippen LogP contribution in [0.25, 0.3) is 0 Å². The number of piperazine rings is 1. The van der Waals surface area contributed by atoms with Crippen molar-refractivity contribution in [1.82, 2.24) is 15.2 Å². The Kier molecular flexibility index (Phi) is 15.1. The lowest BCUT2D eigenvalue weighted by Gasteiger charge is -2.36. The molecule has 37 heavy (non-hydrogen) atoms. The molecule has 2 aliphatic rings. The first-order valence-electron chi connectivity index (χ1n) is 13.3. The van der Waals surface area contributed by atoms with E-state index in [2.05, 4.69) is 24.1 Å². The number of carbonyl (C=O) groups is 1. The molecule has 1 aliphatic heterocycles. The van der Waals surface area contributed by atoms with E-state index in [-0.39, 0.29) is 17.9 Å². The highest BCUT2D eigenvalue weighted by atomic mass is 19.4. The number of aliphatic hydroxyl groups excluding tert-OH is 1. The summed E-state index contributed by atoms with van der Waals surface area (Å²) in [5.41, 5.74) is -0.694. The van der Waals surface area contributed by atoms with E-state index in [1.807, 2.05) is 16.8 Å². The van der Waals surface area contributed by atoms with Crippen LogP contribution < -0.4 is 10.2 Å². The number of carbonyl (C=O) groups excluding carboxylic acids is 1. The summed E-state index contributed by atoms with van der Waals surface area (Å²) in [4.78, 5) is 20.3. The topological polar surface area (TPSA) is 77.9 Å². The van der Waals surface area contributed by atoms with E-state index in [9.17, 15) is 18.0 Å². The zero-order valence-corrected chi connectivity index (χ0v) is 23.4. The zero-order valence-electron chi connectivity index (χ0n) is 23.4. The number of hydrogen-bond acceptors (Lipinski definition) is 6. The van der Waals surface area contributed by atoms with Gasteiger partial charge in [0.1, 0.15) is 5.82 Å². The average Bonchev–Trinajstić information content (AvgIpc) is 3.33. The maximum Gasteiger partial charge on any atom is 0.416 e. The first kappa shape index (κ1) is 33.1. The van der Waals surface area contributed by atoms with E-state index in [1.165, 1.54) is 19.0 Å². The molecule has 0 bridgehead atoms. The summed E-state index contributed by atoms with van der Waals surface area (Å²) >= 11 is 0. The molecule has 7 nitrogen and oxygen atoms in total. The van der Waals surface area contributed by atoms with Crippen LogP contribution in [-0.2, 0) is 15.7 Å². The van der Waals surface area contributed by atoms with Crippen LogP contribution in [0.5, 0.6) is 0 Å². The molecule has 3 unspecified atom stereocenters. The summed E-state index contributed by atoms with van der Waals surface area (Å²) in [6.45, 7) is 10.8. The molecule has 2 N–H and O–H groups in total. The zero-order chi connectivity index (χ0) is 28.0. The second kappa shape index (κ2) is 16.8. The molecule has 3 atom stereocenters. The van der Waals surface area contributed by atoms with Gasteiger partial charge < -0.3 is 25.0 Å². The van der Waals surface area contributed by atoms with Gasteiger partial charge in [-0.1, -0.05) is 20.3 Å². The molecular weight excluding hydrogens is 485 g/mol. The van der Waals surface area contributed by atoms with Crippen LogP contribution in [0.15, 0.2) is 18.3 Å². The monoisotopic (exact) mass is 532 g/mol. The van der Waals surface area contributed by atoms with Crippen molar-refractivity contribution in [2.45, 2.75) is 78.1 Å². The summed E-state index contributed by atoms with van der Waals surface area (Å²) in [6.07, 6.45) is 1.98. The van der Waals surface area contributed by atoms with Crippen molar-refractivity contribution in [3.8, 4) is 0 Å². The first-order valence-corrected chi connectivity index (χ1v) is 13.3. The number of amides is 1. The fourth-order valence-electron chi connectivity index (χ4n) is 4.51. The fourth-order valence-corrected chi connectivity index (χ4v) is 4.51. The molecule has 1 aromatic heterocycles. The Morgan fingerprint density at radius 1 is 1.22 bits per heavy atom. The van der Waals surface area contributed by atoms with Crippen molar-refractivity contribution in [2.75, 3.05) is 51.8 Å². The van der Waals surface area contributed by atoms with Crippen molar-refractivity contribution < 1.29 is 27.8 Å². The summed E-state index contributed by atoms with van der Waals surface area (Å²) in [6, 6.07) is 2.46. The van der Waals surface area contributed by atoms with E-state index in [0.29, 0.717) is 38.0 Å². The van der Waals surface area contributed by atoms with E-state index in [0.717, 1.165) is 43.9 Å². The lowest BCUT2D eigenvalue weighted by molar-refractivity contribution is -0.137. The molecule has 1 aliphatic carbocycles. The van der Waals surface area contributed by atoms with Crippen molar-refractivity contribution in [3.05, 3.63) is 23.9 Å². The van der Waals surface area contributed by atoms with Gasteiger partial charge in [0.05, 0.1) is 5.56 Å². The third kappa shape index (κ3) is 12.5. The van der Waals surface area contributed by atoms with Crippen molar-refractivity contribution in [1.29, 1.82) is 0 Å². The number of rotatable bonds is 7. The van der Waals surface area contributed by atoms with Crippen LogP contribution in [-0.4, -0.2) is 80.0 Å². The second-order valence-electron chi connectivity index (χ2n) is 10.2. The third-order valence-corrected chi connectivity index (χ3v) is 6.41. The van der Waals surface area contributed by atoms with Gasteiger partial charge in [-0.2, -0.15) is 13.2 Å². The predicted molar refractivity (Wildman–Crippen MR) is 142 cm³/mol. The van der Waals surface area contributed by atoms with Crippen molar-refractivity contribution >= 4 is 11.7 Å². The molecular formula is C27H47F3N4O3. The van der Waals surface area contributed by atoms with Gasteiger partial charge >= 0.3 is 6.18 Å². The van der Waals surface area contributed by atoms with Gasteiger partial charge in [0.25, 0.3) is 0 Å². The molecule has 214 valence electrons. The molecule has 1 saturated heterocycles. The number of aliphatic hydroxyl groups is 1. The van der Waals surface area contributed by atoms with E-state index in [1.54, 1.807) is 21.0 Å².